The fourth-order valence-electron chi connectivity index (χ4n) is 2.88. The summed E-state index contributed by atoms with van der Waals surface area (Å²) in [7, 11) is 0. The highest BCUT2D eigenvalue weighted by atomic mass is 32.1. The first-order valence-electron chi connectivity index (χ1n) is 7.35. The van der Waals surface area contributed by atoms with E-state index >= 15 is 0 Å². The normalized spacial score (nSPS) is 18.8. The minimum absolute atomic E-state index is 0.131. The molecule has 0 amide bonds. The Morgan fingerprint density at radius 2 is 1.70 bits per heavy atom. The van der Waals surface area contributed by atoms with Gasteiger partial charge in [0.2, 0.25) is 0 Å². The van der Waals surface area contributed by atoms with Crippen molar-refractivity contribution in [3.05, 3.63) is 57.8 Å². The Kier molecular flexibility index (Phi) is 3.26. The van der Waals surface area contributed by atoms with E-state index < -0.39 is 0 Å². The third-order valence-corrected chi connectivity index (χ3v) is 6.00. The first-order valence-corrected chi connectivity index (χ1v) is 8.16. The molecular weight excluding hydrogens is 262 g/mol. The van der Waals surface area contributed by atoms with Gasteiger partial charge in [-0.25, -0.2) is 0 Å². The molecular formula is C18H23NS. The van der Waals surface area contributed by atoms with Crippen LogP contribution in [-0.2, 0) is 10.8 Å². The van der Waals surface area contributed by atoms with E-state index in [1.165, 1.54) is 28.2 Å². The number of nitrogens with two attached hydrogens (primary N) is 1. The van der Waals surface area contributed by atoms with Gasteiger partial charge >= 0.3 is 0 Å². The van der Waals surface area contributed by atoms with Gasteiger partial charge in [0.1, 0.15) is 0 Å². The Bertz CT molecular complexity index is 587. The van der Waals surface area contributed by atoms with Crippen molar-refractivity contribution in [1.82, 2.24) is 0 Å². The molecule has 0 radical (unpaired) electrons. The van der Waals surface area contributed by atoms with Crippen LogP contribution in [0.25, 0.3) is 0 Å². The third-order valence-electron chi connectivity index (χ3n) is 4.41. The number of hydrogen-bond acceptors (Lipinski definition) is 2. The van der Waals surface area contributed by atoms with Crippen LogP contribution in [0.15, 0.2) is 42.5 Å². The molecule has 1 unspecified atom stereocenters. The van der Waals surface area contributed by atoms with Gasteiger partial charge in [-0.15, -0.1) is 11.3 Å². The molecule has 1 heterocycles. The van der Waals surface area contributed by atoms with E-state index in [9.17, 15) is 0 Å². The maximum absolute atomic E-state index is 6.63. The van der Waals surface area contributed by atoms with Crippen LogP contribution >= 0.6 is 11.3 Å². The molecule has 1 fully saturated rings. The van der Waals surface area contributed by atoms with Crippen molar-refractivity contribution in [2.24, 2.45) is 5.73 Å². The number of hydrogen-bond donors (Lipinski definition) is 1. The Labute approximate surface area is 125 Å². The van der Waals surface area contributed by atoms with Gasteiger partial charge in [-0.2, -0.15) is 0 Å². The van der Waals surface area contributed by atoms with Crippen molar-refractivity contribution < 1.29 is 0 Å². The number of rotatable bonds is 3. The van der Waals surface area contributed by atoms with Gasteiger partial charge in [-0.1, -0.05) is 51.1 Å². The summed E-state index contributed by atoms with van der Waals surface area (Å²) in [6, 6.07) is 15.4. The van der Waals surface area contributed by atoms with Gasteiger partial charge < -0.3 is 5.73 Å². The zero-order valence-corrected chi connectivity index (χ0v) is 13.3. The van der Waals surface area contributed by atoms with Crippen molar-refractivity contribution in [1.29, 1.82) is 0 Å². The standard InChI is InChI=1S/C18H23NS/c1-17(2,3)15-10-9-14(20-15)16(19)18(11-12-18)13-7-5-4-6-8-13/h4-10,16H,11-12,19H2,1-3H3. The van der Waals surface area contributed by atoms with Crippen LogP contribution in [0.3, 0.4) is 0 Å². The summed E-state index contributed by atoms with van der Waals surface area (Å²) in [5.41, 5.74) is 8.43. The minimum Gasteiger partial charge on any atom is -0.323 e. The highest BCUT2D eigenvalue weighted by molar-refractivity contribution is 7.12. The lowest BCUT2D eigenvalue weighted by Crippen LogP contribution is -2.25. The van der Waals surface area contributed by atoms with E-state index in [-0.39, 0.29) is 16.9 Å². The van der Waals surface area contributed by atoms with Crippen LogP contribution in [0.2, 0.25) is 0 Å². The predicted molar refractivity (Wildman–Crippen MR) is 87.3 cm³/mol. The van der Waals surface area contributed by atoms with Crippen molar-refractivity contribution in [2.75, 3.05) is 0 Å². The SMILES string of the molecule is CC(C)(C)c1ccc(C(N)C2(c3ccccc3)CC2)s1. The summed E-state index contributed by atoms with van der Waals surface area (Å²) in [4.78, 5) is 2.75. The maximum Gasteiger partial charge on any atom is 0.0488 e. The van der Waals surface area contributed by atoms with Crippen LogP contribution in [0.1, 0.15) is 55.0 Å². The van der Waals surface area contributed by atoms with Crippen molar-refractivity contribution in [3.8, 4) is 0 Å². The van der Waals surface area contributed by atoms with Crippen LogP contribution in [0.5, 0.6) is 0 Å². The molecule has 1 saturated carbocycles. The van der Waals surface area contributed by atoms with Crippen molar-refractivity contribution >= 4 is 11.3 Å². The zero-order chi connectivity index (χ0) is 14.4. The van der Waals surface area contributed by atoms with E-state index in [4.69, 9.17) is 5.73 Å². The summed E-state index contributed by atoms with van der Waals surface area (Å²) < 4.78 is 0. The molecule has 1 nitrogen and oxygen atoms in total. The monoisotopic (exact) mass is 285 g/mol. The lowest BCUT2D eigenvalue weighted by molar-refractivity contribution is 0.549. The molecule has 0 spiro atoms. The van der Waals surface area contributed by atoms with E-state index in [0.717, 1.165) is 0 Å². The quantitative estimate of drug-likeness (QED) is 0.863. The van der Waals surface area contributed by atoms with Gasteiger partial charge in [0, 0.05) is 21.2 Å². The third kappa shape index (κ3) is 2.32. The average molecular weight is 285 g/mol. The number of benzene rings is 1. The molecule has 20 heavy (non-hydrogen) atoms. The first kappa shape index (κ1) is 13.8. The fourth-order valence-corrected chi connectivity index (χ4v) is 4.06. The first-order chi connectivity index (χ1) is 9.43. The highest BCUT2D eigenvalue weighted by Gasteiger charge is 2.50. The van der Waals surface area contributed by atoms with Crippen LogP contribution in [0, 0.1) is 0 Å². The Morgan fingerprint density at radius 3 is 2.20 bits per heavy atom. The van der Waals surface area contributed by atoms with Crippen LogP contribution < -0.4 is 5.73 Å². The van der Waals surface area contributed by atoms with Crippen molar-refractivity contribution in [3.63, 3.8) is 0 Å². The summed E-state index contributed by atoms with van der Waals surface area (Å²) >= 11 is 1.88. The lowest BCUT2D eigenvalue weighted by atomic mass is 9.87. The molecule has 2 heteroatoms. The zero-order valence-electron chi connectivity index (χ0n) is 12.5. The highest BCUT2D eigenvalue weighted by Crippen LogP contribution is 2.56. The lowest BCUT2D eigenvalue weighted by Gasteiger charge is -2.23. The molecule has 1 aliphatic carbocycles. The van der Waals surface area contributed by atoms with E-state index in [2.05, 4.69) is 63.2 Å². The summed E-state index contributed by atoms with van der Waals surface area (Å²) in [5, 5.41) is 0. The van der Waals surface area contributed by atoms with Gasteiger partial charge in [0.05, 0.1) is 0 Å². The van der Waals surface area contributed by atoms with E-state index in [0.29, 0.717) is 0 Å². The molecule has 1 atom stereocenters. The molecule has 0 aliphatic heterocycles. The molecule has 0 saturated heterocycles. The summed E-state index contributed by atoms with van der Waals surface area (Å²) in [5.74, 6) is 0. The van der Waals surface area contributed by atoms with Crippen LogP contribution in [0.4, 0.5) is 0 Å². The minimum atomic E-state index is 0.131. The Morgan fingerprint density at radius 1 is 1.05 bits per heavy atom. The smallest absolute Gasteiger partial charge is 0.0488 e. The molecule has 1 aliphatic rings. The Balaban J connectivity index is 1.90. The summed E-state index contributed by atoms with van der Waals surface area (Å²) in [6.07, 6.45) is 2.42. The molecule has 2 N–H and O–H groups in total. The Hall–Kier alpha value is -1.12. The average Bonchev–Trinajstić information content (AvgIpc) is 3.07. The molecule has 1 aromatic heterocycles. The van der Waals surface area contributed by atoms with Gasteiger partial charge in [-0.3, -0.25) is 0 Å². The fraction of sp³-hybridized carbons (Fsp3) is 0.444. The maximum atomic E-state index is 6.63. The topological polar surface area (TPSA) is 26.0 Å². The van der Waals surface area contributed by atoms with Crippen molar-refractivity contribution in [2.45, 2.75) is 50.5 Å². The van der Waals surface area contributed by atoms with Gasteiger partial charge in [0.15, 0.2) is 0 Å². The van der Waals surface area contributed by atoms with Gasteiger partial charge in [0.25, 0.3) is 0 Å². The van der Waals surface area contributed by atoms with E-state index in [1.54, 1.807) is 0 Å². The number of thiophene rings is 1. The second-order valence-electron chi connectivity index (χ2n) is 6.95. The molecule has 1 aromatic carbocycles. The largest absolute Gasteiger partial charge is 0.323 e. The van der Waals surface area contributed by atoms with Gasteiger partial charge in [-0.05, 0) is 36.0 Å². The van der Waals surface area contributed by atoms with Crippen LogP contribution in [-0.4, -0.2) is 0 Å². The second kappa shape index (κ2) is 4.71. The predicted octanol–water partition coefficient (Wildman–Crippen LogP) is 4.78. The molecule has 3 rings (SSSR count). The molecule has 106 valence electrons. The second-order valence-corrected chi connectivity index (χ2v) is 8.07. The summed E-state index contributed by atoms with van der Waals surface area (Å²) in [6.45, 7) is 6.79. The van der Waals surface area contributed by atoms with E-state index in [1.807, 2.05) is 11.3 Å². The molecule has 2 aromatic rings. The molecule has 0 bridgehead atoms.